The van der Waals surface area contributed by atoms with E-state index >= 15 is 0 Å². The van der Waals surface area contributed by atoms with Crippen molar-refractivity contribution in [1.29, 1.82) is 0 Å². The lowest BCUT2D eigenvalue weighted by molar-refractivity contribution is -0.00835. The van der Waals surface area contributed by atoms with Crippen LogP contribution in [0.2, 0.25) is 0 Å². The summed E-state index contributed by atoms with van der Waals surface area (Å²) in [7, 11) is 1.94. The Morgan fingerprint density at radius 2 is 2.21 bits per heavy atom. The second-order valence-corrected chi connectivity index (χ2v) is 6.02. The number of nitrogens with one attached hydrogen (secondary N) is 1. The minimum absolute atomic E-state index is 0.472. The van der Waals surface area contributed by atoms with Gasteiger partial charge in [0, 0.05) is 19.8 Å². The Morgan fingerprint density at radius 1 is 1.47 bits per heavy atom. The highest BCUT2D eigenvalue weighted by Crippen LogP contribution is 2.33. The first-order valence-corrected chi connectivity index (χ1v) is 7.52. The molecule has 0 aliphatic heterocycles. The Balaban J connectivity index is 1.65. The van der Waals surface area contributed by atoms with E-state index in [9.17, 15) is 5.11 Å². The van der Waals surface area contributed by atoms with Gasteiger partial charge in [-0.15, -0.1) is 0 Å². The molecule has 4 nitrogen and oxygen atoms in total. The van der Waals surface area contributed by atoms with Gasteiger partial charge in [-0.05, 0) is 50.1 Å². The predicted octanol–water partition coefficient (Wildman–Crippen LogP) is 1.88. The van der Waals surface area contributed by atoms with Crippen molar-refractivity contribution in [3.63, 3.8) is 0 Å². The summed E-state index contributed by atoms with van der Waals surface area (Å²) in [6.07, 6.45) is 10.4. The maximum Gasteiger partial charge on any atom is 0.0771 e. The summed E-state index contributed by atoms with van der Waals surface area (Å²) in [6.45, 7) is 3.89. The molecule has 108 valence electrons. The van der Waals surface area contributed by atoms with Crippen LogP contribution in [0, 0.1) is 5.92 Å². The van der Waals surface area contributed by atoms with Gasteiger partial charge in [-0.25, -0.2) is 0 Å². The van der Waals surface area contributed by atoms with E-state index in [2.05, 4.69) is 17.3 Å². The standard InChI is InChI=1S/C15H27N3O/c1-3-13-4-7-15(19,8-5-13)12-16-9-6-14-10-17-18(2)11-14/h10-11,13,16,19H,3-9,12H2,1-2H3. The van der Waals surface area contributed by atoms with Crippen LogP contribution < -0.4 is 5.32 Å². The molecule has 2 rings (SSSR count). The summed E-state index contributed by atoms with van der Waals surface area (Å²) in [5.74, 6) is 0.829. The smallest absolute Gasteiger partial charge is 0.0771 e. The lowest BCUT2D eigenvalue weighted by Crippen LogP contribution is -2.44. The summed E-state index contributed by atoms with van der Waals surface area (Å²) < 4.78 is 1.83. The van der Waals surface area contributed by atoms with Crippen molar-refractivity contribution in [2.45, 2.75) is 51.0 Å². The van der Waals surface area contributed by atoms with Gasteiger partial charge in [0.05, 0.1) is 11.8 Å². The molecule has 0 radical (unpaired) electrons. The Labute approximate surface area is 116 Å². The number of aryl methyl sites for hydroxylation is 1. The molecule has 0 bridgehead atoms. The molecule has 2 N–H and O–H groups in total. The third kappa shape index (κ3) is 4.32. The lowest BCUT2D eigenvalue weighted by Gasteiger charge is -2.36. The van der Waals surface area contributed by atoms with Gasteiger partial charge in [-0.2, -0.15) is 5.10 Å². The summed E-state index contributed by atoms with van der Waals surface area (Å²) in [4.78, 5) is 0. The summed E-state index contributed by atoms with van der Waals surface area (Å²) in [6, 6.07) is 0. The van der Waals surface area contributed by atoms with Crippen LogP contribution in [0.25, 0.3) is 0 Å². The molecule has 1 heterocycles. The molecule has 1 saturated carbocycles. The minimum atomic E-state index is -0.472. The molecule has 1 aromatic heterocycles. The topological polar surface area (TPSA) is 50.1 Å². The maximum atomic E-state index is 10.5. The van der Waals surface area contributed by atoms with E-state index in [4.69, 9.17) is 0 Å². The third-order valence-corrected chi connectivity index (χ3v) is 4.42. The van der Waals surface area contributed by atoms with Crippen molar-refractivity contribution in [2.75, 3.05) is 13.1 Å². The molecule has 19 heavy (non-hydrogen) atoms. The fourth-order valence-electron chi connectivity index (χ4n) is 2.95. The Bertz CT molecular complexity index is 380. The number of aromatic nitrogens is 2. The molecular formula is C15H27N3O. The molecule has 0 aromatic carbocycles. The van der Waals surface area contributed by atoms with Crippen molar-refractivity contribution in [3.05, 3.63) is 18.0 Å². The van der Waals surface area contributed by atoms with Gasteiger partial charge >= 0.3 is 0 Å². The molecule has 1 aliphatic carbocycles. The van der Waals surface area contributed by atoms with Crippen LogP contribution >= 0.6 is 0 Å². The minimum Gasteiger partial charge on any atom is -0.389 e. The number of hydrogen-bond acceptors (Lipinski definition) is 3. The van der Waals surface area contributed by atoms with E-state index in [1.54, 1.807) is 0 Å². The molecule has 0 spiro atoms. The van der Waals surface area contributed by atoms with Gasteiger partial charge in [-0.1, -0.05) is 13.3 Å². The van der Waals surface area contributed by atoms with E-state index in [1.807, 2.05) is 24.1 Å². The number of aliphatic hydroxyl groups is 1. The Hall–Kier alpha value is -0.870. The average Bonchev–Trinajstić information content (AvgIpc) is 2.82. The molecule has 0 amide bonds. The van der Waals surface area contributed by atoms with Crippen LogP contribution in [0.4, 0.5) is 0 Å². The molecule has 0 unspecified atom stereocenters. The number of nitrogens with zero attached hydrogens (tertiary/aromatic N) is 2. The van der Waals surface area contributed by atoms with Gasteiger partial charge in [0.25, 0.3) is 0 Å². The highest BCUT2D eigenvalue weighted by atomic mass is 16.3. The van der Waals surface area contributed by atoms with E-state index in [1.165, 1.54) is 24.8 Å². The first kappa shape index (κ1) is 14.5. The van der Waals surface area contributed by atoms with E-state index in [-0.39, 0.29) is 0 Å². The lowest BCUT2D eigenvalue weighted by atomic mass is 9.78. The van der Waals surface area contributed by atoms with Gasteiger partial charge in [0.1, 0.15) is 0 Å². The van der Waals surface area contributed by atoms with E-state index < -0.39 is 5.60 Å². The fraction of sp³-hybridized carbons (Fsp3) is 0.800. The molecule has 1 aliphatic rings. The third-order valence-electron chi connectivity index (χ3n) is 4.42. The molecule has 1 aromatic rings. The van der Waals surface area contributed by atoms with E-state index in [0.29, 0.717) is 0 Å². The van der Waals surface area contributed by atoms with Crippen molar-refractivity contribution in [1.82, 2.24) is 15.1 Å². The zero-order valence-electron chi connectivity index (χ0n) is 12.2. The Morgan fingerprint density at radius 3 is 2.79 bits per heavy atom. The summed E-state index contributed by atoms with van der Waals surface area (Å²) in [5.41, 5.74) is 0.775. The highest BCUT2D eigenvalue weighted by Gasteiger charge is 2.31. The largest absolute Gasteiger partial charge is 0.389 e. The Kier molecular flexibility index (Phi) is 4.99. The first-order chi connectivity index (χ1) is 9.11. The number of rotatable bonds is 6. The number of hydrogen-bond donors (Lipinski definition) is 2. The SMILES string of the molecule is CCC1CCC(O)(CNCCc2cnn(C)c2)CC1. The predicted molar refractivity (Wildman–Crippen MR) is 77.0 cm³/mol. The highest BCUT2D eigenvalue weighted by molar-refractivity contribution is 5.03. The normalized spacial score (nSPS) is 27.6. The van der Waals surface area contributed by atoms with Crippen LogP contribution in [0.15, 0.2) is 12.4 Å². The molecule has 1 fully saturated rings. The molecular weight excluding hydrogens is 238 g/mol. The van der Waals surface area contributed by atoms with Crippen molar-refractivity contribution >= 4 is 0 Å². The quantitative estimate of drug-likeness (QED) is 0.772. The zero-order chi connectivity index (χ0) is 13.7. The van der Waals surface area contributed by atoms with Gasteiger partial charge in [0.2, 0.25) is 0 Å². The van der Waals surface area contributed by atoms with Crippen LogP contribution in [0.1, 0.15) is 44.6 Å². The molecule has 4 heteroatoms. The monoisotopic (exact) mass is 265 g/mol. The van der Waals surface area contributed by atoms with Gasteiger partial charge in [-0.3, -0.25) is 4.68 Å². The van der Waals surface area contributed by atoms with E-state index in [0.717, 1.165) is 38.3 Å². The van der Waals surface area contributed by atoms with Crippen LogP contribution in [-0.4, -0.2) is 33.6 Å². The van der Waals surface area contributed by atoms with Gasteiger partial charge in [0.15, 0.2) is 0 Å². The summed E-state index contributed by atoms with van der Waals surface area (Å²) >= 11 is 0. The molecule has 0 atom stereocenters. The van der Waals surface area contributed by atoms with Crippen molar-refractivity contribution in [2.24, 2.45) is 13.0 Å². The zero-order valence-corrected chi connectivity index (χ0v) is 12.2. The fourth-order valence-corrected chi connectivity index (χ4v) is 2.95. The first-order valence-electron chi connectivity index (χ1n) is 7.52. The van der Waals surface area contributed by atoms with Gasteiger partial charge < -0.3 is 10.4 Å². The van der Waals surface area contributed by atoms with Crippen LogP contribution in [0.5, 0.6) is 0 Å². The average molecular weight is 265 g/mol. The summed E-state index contributed by atoms with van der Waals surface area (Å²) in [5, 5.41) is 18.1. The van der Waals surface area contributed by atoms with Crippen LogP contribution in [-0.2, 0) is 13.5 Å². The van der Waals surface area contributed by atoms with Crippen molar-refractivity contribution in [3.8, 4) is 0 Å². The molecule has 0 saturated heterocycles. The second kappa shape index (κ2) is 6.53. The maximum absolute atomic E-state index is 10.5. The second-order valence-electron chi connectivity index (χ2n) is 6.02. The van der Waals surface area contributed by atoms with Crippen LogP contribution in [0.3, 0.4) is 0 Å². The van der Waals surface area contributed by atoms with Crippen molar-refractivity contribution < 1.29 is 5.11 Å².